The van der Waals surface area contributed by atoms with Crippen molar-refractivity contribution in [2.75, 3.05) is 0 Å². The molecule has 0 radical (unpaired) electrons. The predicted octanol–water partition coefficient (Wildman–Crippen LogP) is 4.31. The summed E-state index contributed by atoms with van der Waals surface area (Å²) in [4.78, 5) is 28.1. The molecule has 0 spiro atoms. The summed E-state index contributed by atoms with van der Waals surface area (Å²) in [5, 5.41) is 15.2. The molecular formula is C21H30N4O2S. The van der Waals surface area contributed by atoms with Gasteiger partial charge in [0.2, 0.25) is 5.91 Å². The van der Waals surface area contributed by atoms with Crippen molar-refractivity contribution in [2.45, 2.75) is 65.8 Å². The number of nitrogens with zero attached hydrogens (tertiary/aromatic N) is 2. The van der Waals surface area contributed by atoms with Crippen LogP contribution >= 0.6 is 11.3 Å². The molecule has 2 N–H and O–H groups in total. The van der Waals surface area contributed by atoms with Gasteiger partial charge in [0.15, 0.2) is 11.5 Å². The summed E-state index contributed by atoms with van der Waals surface area (Å²) >= 11 is 1.53. The maximum absolute atomic E-state index is 12.8. The van der Waals surface area contributed by atoms with Crippen LogP contribution in [-0.4, -0.2) is 21.1 Å². The Balaban J connectivity index is 1.66. The highest BCUT2D eigenvalue weighted by atomic mass is 32.1. The van der Waals surface area contributed by atoms with Crippen LogP contribution in [-0.2, 0) is 4.79 Å². The summed E-state index contributed by atoms with van der Waals surface area (Å²) in [6, 6.07) is 1.47. The zero-order valence-electron chi connectivity index (χ0n) is 17.1. The molecule has 1 aliphatic carbocycles. The Labute approximate surface area is 170 Å². The molecule has 152 valence electrons. The first-order valence-corrected chi connectivity index (χ1v) is 11.0. The zero-order valence-corrected chi connectivity index (χ0v) is 17.9. The number of H-pyrrole nitrogens is 1. The van der Waals surface area contributed by atoms with E-state index in [1.54, 1.807) is 0 Å². The summed E-state index contributed by atoms with van der Waals surface area (Å²) in [5.41, 5.74) is 1.12. The maximum atomic E-state index is 12.8. The lowest BCUT2D eigenvalue weighted by atomic mass is 9.69. The highest BCUT2D eigenvalue weighted by Gasteiger charge is 2.33. The second-order valence-corrected chi connectivity index (χ2v) is 9.56. The molecule has 28 heavy (non-hydrogen) atoms. The number of aromatic nitrogens is 3. The summed E-state index contributed by atoms with van der Waals surface area (Å²) in [6.07, 6.45) is 4.56. The van der Waals surface area contributed by atoms with E-state index < -0.39 is 6.04 Å². The van der Waals surface area contributed by atoms with E-state index in [2.05, 4.69) is 41.3 Å². The largest absolute Gasteiger partial charge is 0.347 e. The minimum absolute atomic E-state index is 0.0183. The average molecular weight is 403 g/mol. The molecule has 1 fully saturated rings. The first-order chi connectivity index (χ1) is 13.3. The number of thiophene rings is 1. The minimum atomic E-state index is -0.416. The van der Waals surface area contributed by atoms with Crippen LogP contribution in [0.5, 0.6) is 0 Å². The molecule has 1 amide bonds. The van der Waals surface area contributed by atoms with Gasteiger partial charge in [-0.15, -0.1) is 10.2 Å². The van der Waals surface area contributed by atoms with Crippen molar-refractivity contribution in [3.05, 3.63) is 32.9 Å². The van der Waals surface area contributed by atoms with Crippen LogP contribution in [0.25, 0.3) is 11.4 Å². The third-order valence-electron chi connectivity index (χ3n) is 5.89. The van der Waals surface area contributed by atoms with Gasteiger partial charge in [-0.2, -0.15) is 11.3 Å². The SMILES string of the molecule is CCC(NC(=O)C1CCC(C(C)(C)C)CC1)c1nnc(-c2ccsc2)[nH]c1=O. The van der Waals surface area contributed by atoms with Gasteiger partial charge in [-0.05, 0) is 54.9 Å². The number of carbonyl (C=O) groups excluding carboxylic acids is 1. The Hall–Kier alpha value is -2.02. The molecule has 0 aromatic carbocycles. The van der Waals surface area contributed by atoms with Crippen LogP contribution < -0.4 is 10.9 Å². The highest BCUT2D eigenvalue weighted by molar-refractivity contribution is 7.08. The van der Waals surface area contributed by atoms with Crippen molar-refractivity contribution in [1.82, 2.24) is 20.5 Å². The van der Waals surface area contributed by atoms with E-state index in [0.717, 1.165) is 31.2 Å². The molecule has 1 atom stereocenters. The van der Waals surface area contributed by atoms with Crippen LogP contribution in [0.15, 0.2) is 21.6 Å². The zero-order chi connectivity index (χ0) is 20.3. The number of rotatable bonds is 5. The molecule has 6 nitrogen and oxygen atoms in total. The number of nitrogens with one attached hydrogen (secondary N) is 2. The maximum Gasteiger partial charge on any atom is 0.275 e. The van der Waals surface area contributed by atoms with E-state index in [4.69, 9.17) is 0 Å². The molecule has 2 aromatic rings. The van der Waals surface area contributed by atoms with Crippen molar-refractivity contribution in [1.29, 1.82) is 0 Å². The van der Waals surface area contributed by atoms with Gasteiger partial charge < -0.3 is 10.3 Å². The van der Waals surface area contributed by atoms with Gasteiger partial charge in [-0.1, -0.05) is 27.7 Å². The summed E-state index contributed by atoms with van der Waals surface area (Å²) in [5.74, 6) is 1.17. The van der Waals surface area contributed by atoms with Gasteiger partial charge in [0.25, 0.3) is 5.56 Å². The quantitative estimate of drug-likeness (QED) is 0.780. The van der Waals surface area contributed by atoms with Crippen LogP contribution in [0.4, 0.5) is 0 Å². The third kappa shape index (κ3) is 4.69. The van der Waals surface area contributed by atoms with E-state index in [1.807, 2.05) is 23.8 Å². The Morgan fingerprint density at radius 1 is 1.29 bits per heavy atom. The molecule has 1 unspecified atom stereocenters. The van der Waals surface area contributed by atoms with E-state index >= 15 is 0 Å². The molecule has 2 heterocycles. The van der Waals surface area contributed by atoms with Crippen LogP contribution in [0.1, 0.15) is 71.5 Å². The predicted molar refractivity (Wildman–Crippen MR) is 112 cm³/mol. The van der Waals surface area contributed by atoms with Gasteiger partial charge in [0, 0.05) is 16.9 Å². The second-order valence-electron chi connectivity index (χ2n) is 8.78. The van der Waals surface area contributed by atoms with Crippen molar-refractivity contribution >= 4 is 17.2 Å². The number of aromatic amines is 1. The van der Waals surface area contributed by atoms with Gasteiger partial charge in [0.1, 0.15) is 0 Å². The average Bonchev–Trinajstić information content (AvgIpc) is 3.20. The molecule has 7 heteroatoms. The normalized spacial score (nSPS) is 21.3. The monoisotopic (exact) mass is 402 g/mol. The molecule has 2 aromatic heterocycles. The fourth-order valence-corrected chi connectivity index (χ4v) is 4.62. The summed E-state index contributed by atoms with van der Waals surface area (Å²) < 4.78 is 0. The molecule has 0 saturated heterocycles. The number of hydrogen-bond acceptors (Lipinski definition) is 5. The summed E-state index contributed by atoms with van der Waals surface area (Å²) in [6.45, 7) is 8.76. The van der Waals surface area contributed by atoms with Crippen molar-refractivity contribution in [3.8, 4) is 11.4 Å². The lowest BCUT2D eigenvalue weighted by Crippen LogP contribution is -2.39. The number of carbonyl (C=O) groups is 1. The van der Waals surface area contributed by atoms with Crippen molar-refractivity contribution in [2.24, 2.45) is 17.3 Å². The van der Waals surface area contributed by atoms with Crippen LogP contribution in [0.3, 0.4) is 0 Å². The van der Waals surface area contributed by atoms with Crippen molar-refractivity contribution in [3.63, 3.8) is 0 Å². The van der Waals surface area contributed by atoms with E-state index in [1.165, 1.54) is 11.3 Å². The summed E-state index contributed by atoms with van der Waals surface area (Å²) in [7, 11) is 0. The Bertz CT molecular complexity index is 846. The minimum Gasteiger partial charge on any atom is -0.347 e. The van der Waals surface area contributed by atoms with Gasteiger partial charge in [-0.25, -0.2) is 0 Å². The van der Waals surface area contributed by atoms with Gasteiger partial charge in [0.05, 0.1) is 6.04 Å². The molecule has 1 aliphatic rings. The fourth-order valence-electron chi connectivity index (χ4n) is 3.98. The molecule has 0 aliphatic heterocycles. The number of hydrogen-bond donors (Lipinski definition) is 2. The first-order valence-electron chi connectivity index (χ1n) is 10.1. The van der Waals surface area contributed by atoms with Crippen molar-refractivity contribution < 1.29 is 4.79 Å². The second kappa shape index (κ2) is 8.55. The topological polar surface area (TPSA) is 87.7 Å². The van der Waals surface area contributed by atoms with Gasteiger partial charge >= 0.3 is 0 Å². The highest BCUT2D eigenvalue weighted by Crippen LogP contribution is 2.40. The lowest BCUT2D eigenvalue weighted by molar-refractivity contribution is -0.127. The standard InChI is InChI=1S/C21H30N4O2S/c1-5-16(17-20(27)23-18(25-24-17)14-10-11-28-12-14)22-19(26)13-6-8-15(9-7-13)21(2,3)4/h10-13,15-16H,5-9H2,1-4H3,(H,22,26)(H,23,25,27). The van der Waals surface area contributed by atoms with E-state index in [-0.39, 0.29) is 23.1 Å². The Morgan fingerprint density at radius 2 is 2.00 bits per heavy atom. The molecule has 3 rings (SSSR count). The van der Waals surface area contributed by atoms with E-state index in [0.29, 0.717) is 23.6 Å². The lowest BCUT2D eigenvalue weighted by Gasteiger charge is -2.36. The molecular weight excluding hydrogens is 372 g/mol. The third-order valence-corrected chi connectivity index (χ3v) is 6.58. The van der Waals surface area contributed by atoms with Gasteiger partial charge in [-0.3, -0.25) is 9.59 Å². The first kappa shape index (κ1) is 20.7. The Kier molecular flexibility index (Phi) is 6.33. The number of amides is 1. The smallest absolute Gasteiger partial charge is 0.275 e. The van der Waals surface area contributed by atoms with Crippen LogP contribution in [0, 0.1) is 17.3 Å². The fraction of sp³-hybridized carbons (Fsp3) is 0.619. The Morgan fingerprint density at radius 3 is 2.54 bits per heavy atom. The molecule has 0 bridgehead atoms. The molecule has 1 saturated carbocycles. The van der Waals surface area contributed by atoms with Crippen LogP contribution in [0.2, 0.25) is 0 Å². The van der Waals surface area contributed by atoms with E-state index in [9.17, 15) is 9.59 Å².